The summed E-state index contributed by atoms with van der Waals surface area (Å²) in [5.74, 6) is 2.70. The molecule has 1 fully saturated rings. The number of nitrogens with zero attached hydrogens (tertiary/aromatic N) is 4. The minimum absolute atomic E-state index is 0.534. The normalized spacial score (nSPS) is 17.4. The molecule has 0 spiro atoms. The van der Waals surface area contributed by atoms with Gasteiger partial charge < -0.3 is 19.7 Å². The van der Waals surface area contributed by atoms with Crippen LogP contribution in [0.25, 0.3) is 0 Å². The van der Waals surface area contributed by atoms with E-state index in [2.05, 4.69) is 25.2 Å². The minimum Gasteiger partial charge on any atom is -0.497 e. The largest absolute Gasteiger partial charge is 0.497 e. The number of nitrogens with one attached hydrogen (secondary N) is 1. The maximum atomic E-state index is 5.29. The van der Waals surface area contributed by atoms with E-state index in [9.17, 15) is 0 Å². The maximum Gasteiger partial charge on any atom is 0.230 e. The van der Waals surface area contributed by atoms with Crippen LogP contribution in [0.5, 0.6) is 5.75 Å². The van der Waals surface area contributed by atoms with Gasteiger partial charge in [-0.15, -0.1) is 0 Å². The van der Waals surface area contributed by atoms with Crippen LogP contribution < -0.4 is 15.0 Å². The molecular weight excluding hydrogens is 318 g/mol. The lowest BCUT2D eigenvalue weighted by molar-refractivity contribution is 0.143. The number of ether oxygens (including phenoxy) is 2. The number of piperidine rings is 1. The Balaban J connectivity index is 1.60. The van der Waals surface area contributed by atoms with Crippen LogP contribution >= 0.6 is 0 Å². The lowest BCUT2D eigenvalue weighted by atomic mass is 9.99. The Kier molecular flexibility index (Phi) is 6.00. The van der Waals surface area contributed by atoms with Crippen molar-refractivity contribution in [2.24, 2.45) is 5.92 Å². The third-order valence-corrected chi connectivity index (χ3v) is 4.37. The van der Waals surface area contributed by atoms with E-state index in [4.69, 9.17) is 9.47 Å². The molecule has 1 aliphatic heterocycles. The highest BCUT2D eigenvalue weighted by atomic mass is 16.5. The van der Waals surface area contributed by atoms with Crippen LogP contribution in [0, 0.1) is 5.92 Å². The molecule has 0 aliphatic carbocycles. The minimum atomic E-state index is 0.534. The Labute approximate surface area is 148 Å². The van der Waals surface area contributed by atoms with Crippen molar-refractivity contribution >= 4 is 11.9 Å². The van der Waals surface area contributed by atoms with Crippen molar-refractivity contribution < 1.29 is 9.47 Å². The van der Waals surface area contributed by atoms with Crippen molar-refractivity contribution in [3.8, 4) is 5.75 Å². The van der Waals surface area contributed by atoms with E-state index >= 15 is 0 Å². The van der Waals surface area contributed by atoms with Gasteiger partial charge in [0, 0.05) is 26.7 Å². The summed E-state index contributed by atoms with van der Waals surface area (Å²) in [5.41, 5.74) is 1.14. The summed E-state index contributed by atoms with van der Waals surface area (Å²) in [6, 6.07) is 7.93. The molecule has 0 radical (unpaired) electrons. The summed E-state index contributed by atoms with van der Waals surface area (Å²) in [6.07, 6.45) is 3.89. The van der Waals surface area contributed by atoms with Crippen molar-refractivity contribution in [2.45, 2.75) is 19.4 Å². The molecule has 3 rings (SSSR count). The van der Waals surface area contributed by atoms with Crippen LogP contribution in [0.4, 0.5) is 11.9 Å². The average Bonchev–Trinajstić information content (AvgIpc) is 2.67. The van der Waals surface area contributed by atoms with Crippen LogP contribution in [0.3, 0.4) is 0 Å². The molecule has 0 unspecified atom stereocenters. The van der Waals surface area contributed by atoms with Gasteiger partial charge in [0.1, 0.15) is 12.1 Å². The molecule has 1 aromatic heterocycles. The molecule has 7 heteroatoms. The number of aromatic nitrogens is 3. The van der Waals surface area contributed by atoms with Gasteiger partial charge in [-0.05, 0) is 36.5 Å². The highest BCUT2D eigenvalue weighted by Gasteiger charge is 2.22. The highest BCUT2D eigenvalue weighted by Crippen LogP contribution is 2.21. The Morgan fingerprint density at radius 1 is 1.20 bits per heavy atom. The van der Waals surface area contributed by atoms with E-state index < -0.39 is 0 Å². The zero-order chi connectivity index (χ0) is 17.5. The van der Waals surface area contributed by atoms with E-state index in [1.165, 1.54) is 6.42 Å². The van der Waals surface area contributed by atoms with E-state index in [0.29, 0.717) is 18.4 Å². The molecule has 7 nitrogen and oxygen atoms in total. The first kappa shape index (κ1) is 17.4. The predicted octanol–water partition coefficient (Wildman–Crippen LogP) is 2.36. The quantitative estimate of drug-likeness (QED) is 0.827. The number of methoxy groups -OCH3 is 2. The van der Waals surface area contributed by atoms with Gasteiger partial charge in [-0.2, -0.15) is 4.98 Å². The average molecular weight is 343 g/mol. The lowest BCUT2D eigenvalue weighted by Crippen LogP contribution is -2.38. The molecule has 0 saturated carbocycles. The molecule has 0 bridgehead atoms. The molecule has 1 aromatic carbocycles. The summed E-state index contributed by atoms with van der Waals surface area (Å²) in [6.45, 7) is 3.34. The summed E-state index contributed by atoms with van der Waals surface area (Å²) in [7, 11) is 3.42. The fourth-order valence-corrected chi connectivity index (χ4v) is 3.07. The standard InChI is InChI=1S/C18H25N5O2/c1-24-12-15-4-3-9-23(11-15)18-21-13-20-17(22-18)19-10-14-5-7-16(25-2)8-6-14/h5-8,13,15H,3-4,9-12H2,1-2H3,(H,19,20,21,22)/t15-/m0/s1. The van der Waals surface area contributed by atoms with Gasteiger partial charge in [0.15, 0.2) is 0 Å². The number of rotatable bonds is 7. The highest BCUT2D eigenvalue weighted by molar-refractivity contribution is 5.37. The second kappa shape index (κ2) is 8.62. The Bertz CT molecular complexity index is 663. The molecule has 1 atom stereocenters. The third kappa shape index (κ3) is 4.79. The van der Waals surface area contributed by atoms with Gasteiger partial charge in [-0.1, -0.05) is 12.1 Å². The summed E-state index contributed by atoms with van der Waals surface area (Å²) in [5, 5.41) is 3.26. The second-order valence-electron chi connectivity index (χ2n) is 6.22. The zero-order valence-corrected chi connectivity index (χ0v) is 14.8. The van der Waals surface area contributed by atoms with E-state index in [1.54, 1.807) is 20.5 Å². The van der Waals surface area contributed by atoms with Crippen LogP contribution in [-0.4, -0.2) is 48.9 Å². The van der Waals surface area contributed by atoms with E-state index in [-0.39, 0.29) is 0 Å². The Morgan fingerprint density at radius 2 is 2.04 bits per heavy atom. The smallest absolute Gasteiger partial charge is 0.230 e. The van der Waals surface area contributed by atoms with E-state index in [1.807, 2.05) is 24.3 Å². The summed E-state index contributed by atoms with van der Waals surface area (Å²) < 4.78 is 10.5. The number of hydrogen-bond donors (Lipinski definition) is 1. The number of anilines is 2. The zero-order valence-electron chi connectivity index (χ0n) is 14.8. The van der Waals surface area contributed by atoms with Crippen LogP contribution in [0.15, 0.2) is 30.6 Å². The fourth-order valence-electron chi connectivity index (χ4n) is 3.07. The molecule has 1 N–H and O–H groups in total. The molecule has 25 heavy (non-hydrogen) atoms. The first-order chi connectivity index (χ1) is 12.3. The number of hydrogen-bond acceptors (Lipinski definition) is 7. The van der Waals surface area contributed by atoms with Crippen LogP contribution in [0.2, 0.25) is 0 Å². The second-order valence-corrected chi connectivity index (χ2v) is 6.22. The molecule has 0 amide bonds. The van der Waals surface area contributed by atoms with Gasteiger partial charge in [0.05, 0.1) is 13.7 Å². The van der Waals surface area contributed by atoms with Gasteiger partial charge in [-0.25, -0.2) is 9.97 Å². The van der Waals surface area contributed by atoms with Crippen molar-refractivity contribution in [3.05, 3.63) is 36.2 Å². The summed E-state index contributed by atoms with van der Waals surface area (Å²) in [4.78, 5) is 15.4. The van der Waals surface area contributed by atoms with Gasteiger partial charge >= 0.3 is 0 Å². The Hall–Kier alpha value is -2.41. The number of benzene rings is 1. The van der Waals surface area contributed by atoms with E-state index in [0.717, 1.165) is 43.4 Å². The lowest BCUT2D eigenvalue weighted by Gasteiger charge is -2.32. The van der Waals surface area contributed by atoms with Crippen molar-refractivity contribution in [2.75, 3.05) is 44.1 Å². The molecule has 2 heterocycles. The molecule has 134 valence electrons. The van der Waals surface area contributed by atoms with Crippen LogP contribution in [-0.2, 0) is 11.3 Å². The first-order valence-electron chi connectivity index (χ1n) is 8.58. The molecule has 2 aromatic rings. The molecule has 1 saturated heterocycles. The Morgan fingerprint density at radius 3 is 2.80 bits per heavy atom. The van der Waals surface area contributed by atoms with Crippen molar-refractivity contribution in [1.29, 1.82) is 0 Å². The first-order valence-corrected chi connectivity index (χ1v) is 8.58. The molecule has 1 aliphatic rings. The molecular formula is C18H25N5O2. The topological polar surface area (TPSA) is 72.4 Å². The summed E-state index contributed by atoms with van der Waals surface area (Å²) >= 11 is 0. The van der Waals surface area contributed by atoms with Gasteiger partial charge in [0.2, 0.25) is 11.9 Å². The monoisotopic (exact) mass is 343 g/mol. The SMILES string of the molecule is COC[C@H]1CCCN(c2ncnc(NCc3ccc(OC)cc3)n2)C1. The van der Waals surface area contributed by atoms with Gasteiger partial charge in [-0.3, -0.25) is 0 Å². The van der Waals surface area contributed by atoms with Crippen LogP contribution in [0.1, 0.15) is 18.4 Å². The third-order valence-electron chi connectivity index (χ3n) is 4.37. The maximum absolute atomic E-state index is 5.29. The van der Waals surface area contributed by atoms with Crippen molar-refractivity contribution in [1.82, 2.24) is 15.0 Å². The van der Waals surface area contributed by atoms with Crippen molar-refractivity contribution in [3.63, 3.8) is 0 Å². The fraction of sp³-hybridized carbons (Fsp3) is 0.500. The van der Waals surface area contributed by atoms with Gasteiger partial charge in [0.25, 0.3) is 0 Å². The predicted molar refractivity (Wildman–Crippen MR) is 97.0 cm³/mol.